The number of phenols is 1. The van der Waals surface area contributed by atoms with Crippen LogP contribution in [0.15, 0.2) is 36.4 Å². The van der Waals surface area contributed by atoms with E-state index >= 15 is 0 Å². The smallest absolute Gasteiger partial charge is 0.244 e. The van der Waals surface area contributed by atoms with Crippen molar-refractivity contribution in [3.05, 3.63) is 36.4 Å². The molecule has 4 heteroatoms. The van der Waals surface area contributed by atoms with Crippen LogP contribution in [-0.2, 0) is 4.79 Å². The van der Waals surface area contributed by atoms with E-state index < -0.39 is 5.54 Å². The number of aromatic hydroxyl groups is 1. The minimum Gasteiger partial charge on any atom is -0.507 e. The second kappa shape index (κ2) is 4.80. The van der Waals surface area contributed by atoms with Crippen LogP contribution < -0.4 is 11.1 Å². The van der Waals surface area contributed by atoms with Gasteiger partial charge in [-0.25, -0.2) is 0 Å². The van der Waals surface area contributed by atoms with Crippen molar-refractivity contribution in [3.63, 3.8) is 0 Å². The van der Waals surface area contributed by atoms with Crippen LogP contribution >= 0.6 is 0 Å². The Bertz CT molecular complexity index is 661. The zero-order valence-electron chi connectivity index (χ0n) is 11.2. The Balaban J connectivity index is 1.95. The molecule has 1 aliphatic carbocycles. The fourth-order valence-corrected chi connectivity index (χ4v) is 2.88. The van der Waals surface area contributed by atoms with Crippen LogP contribution in [-0.4, -0.2) is 16.6 Å². The highest BCUT2D eigenvalue weighted by Gasteiger charge is 2.37. The summed E-state index contributed by atoms with van der Waals surface area (Å²) in [5, 5.41) is 14.3. The Hall–Kier alpha value is -2.07. The van der Waals surface area contributed by atoms with Crippen LogP contribution in [0.3, 0.4) is 0 Å². The van der Waals surface area contributed by atoms with Crippen LogP contribution in [0, 0.1) is 0 Å². The number of amides is 1. The highest BCUT2D eigenvalue weighted by Crippen LogP contribution is 2.32. The Labute approximate surface area is 117 Å². The first kappa shape index (κ1) is 12.9. The highest BCUT2D eigenvalue weighted by molar-refractivity contribution is 6.06. The van der Waals surface area contributed by atoms with Gasteiger partial charge in [-0.1, -0.05) is 37.1 Å². The molecule has 0 spiro atoms. The molecule has 0 unspecified atom stereocenters. The zero-order chi connectivity index (χ0) is 14.2. The molecule has 0 radical (unpaired) electrons. The zero-order valence-corrected chi connectivity index (χ0v) is 11.2. The number of carbonyl (C=O) groups is 1. The molecule has 0 aliphatic heterocycles. The normalized spacial score (nSPS) is 17.2. The van der Waals surface area contributed by atoms with Gasteiger partial charge in [0.25, 0.3) is 0 Å². The second-order valence-corrected chi connectivity index (χ2v) is 5.50. The molecule has 0 bridgehead atoms. The van der Waals surface area contributed by atoms with E-state index in [-0.39, 0.29) is 11.7 Å². The summed E-state index contributed by atoms with van der Waals surface area (Å²) in [4.78, 5) is 12.4. The summed E-state index contributed by atoms with van der Waals surface area (Å²) in [6.45, 7) is 0. The number of fused-ring (bicyclic) bond motifs is 1. The largest absolute Gasteiger partial charge is 0.507 e. The minimum absolute atomic E-state index is 0.133. The number of hydrogen-bond acceptors (Lipinski definition) is 3. The molecule has 20 heavy (non-hydrogen) atoms. The van der Waals surface area contributed by atoms with Gasteiger partial charge in [0.1, 0.15) is 5.75 Å². The summed E-state index contributed by atoms with van der Waals surface area (Å²) >= 11 is 0. The second-order valence-electron chi connectivity index (χ2n) is 5.50. The van der Waals surface area contributed by atoms with Crippen LogP contribution in [0.2, 0.25) is 0 Å². The maximum absolute atomic E-state index is 12.4. The van der Waals surface area contributed by atoms with Gasteiger partial charge < -0.3 is 16.2 Å². The first-order chi connectivity index (χ1) is 9.60. The van der Waals surface area contributed by atoms with Crippen molar-refractivity contribution < 1.29 is 9.90 Å². The fourth-order valence-electron chi connectivity index (χ4n) is 2.88. The van der Waals surface area contributed by atoms with E-state index in [2.05, 4.69) is 5.32 Å². The van der Waals surface area contributed by atoms with Crippen molar-refractivity contribution in [3.8, 4) is 5.75 Å². The highest BCUT2D eigenvalue weighted by atomic mass is 16.3. The topological polar surface area (TPSA) is 75.4 Å². The molecule has 2 aromatic carbocycles. The average Bonchev–Trinajstić information content (AvgIpc) is 2.88. The van der Waals surface area contributed by atoms with E-state index in [0.29, 0.717) is 5.69 Å². The first-order valence-corrected chi connectivity index (χ1v) is 6.91. The number of nitrogens with one attached hydrogen (secondary N) is 1. The molecule has 0 saturated heterocycles. The number of hydrogen-bond donors (Lipinski definition) is 3. The molecule has 1 amide bonds. The van der Waals surface area contributed by atoms with Gasteiger partial charge in [-0.15, -0.1) is 0 Å². The number of benzene rings is 2. The van der Waals surface area contributed by atoms with Crippen molar-refractivity contribution in [2.24, 2.45) is 5.73 Å². The van der Waals surface area contributed by atoms with E-state index in [1.54, 1.807) is 12.1 Å². The Morgan fingerprint density at radius 1 is 1.10 bits per heavy atom. The molecule has 3 rings (SSSR count). The molecule has 104 valence electrons. The number of carbonyl (C=O) groups excluding carboxylic acids is 1. The monoisotopic (exact) mass is 270 g/mol. The molecule has 4 N–H and O–H groups in total. The number of rotatable bonds is 2. The number of phenolic OH excluding ortho intramolecular Hbond substituents is 1. The van der Waals surface area contributed by atoms with E-state index in [1.807, 2.05) is 24.3 Å². The molecule has 0 heterocycles. The molecule has 0 aromatic heterocycles. The Morgan fingerprint density at radius 2 is 1.75 bits per heavy atom. The van der Waals surface area contributed by atoms with Crippen LogP contribution in [0.25, 0.3) is 10.8 Å². The molecular formula is C16H18N2O2. The lowest BCUT2D eigenvalue weighted by Crippen LogP contribution is -2.48. The summed E-state index contributed by atoms with van der Waals surface area (Å²) < 4.78 is 0. The molecule has 1 fully saturated rings. The van der Waals surface area contributed by atoms with Crippen molar-refractivity contribution >= 4 is 22.4 Å². The lowest BCUT2D eigenvalue weighted by Gasteiger charge is -2.22. The van der Waals surface area contributed by atoms with Gasteiger partial charge in [0.05, 0.1) is 5.54 Å². The first-order valence-electron chi connectivity index (χ1n) is 6.91. The van der Waals surface area contributed by atoms with Gasteiger partial charge in [-0.2, -0.15) is 0 Å². The summed E-state index contributed by atoms with van der Waals surface area (Å²) in [6.07, 6.45) is 3.46. The standard InChI is InChI=1S/C16H18N2O2/c17-16(9-1-2-10-16)15(20)18-13-7-3-6-12-11(13)5-4-8-14(12)19/h3-8,19H,1-2,9-10,17H2,(H,18,20). The predicted octanol–water partition coefficient (Wildman–Crippen LogP) is 2.76. The summed E-state index contributed by atoms with van der Waals surface area (Å²) in [6, 6.07) is 10.8. The minimum atomic E-state index is -0.751. The third-order valence-corrected chi connectivity index (χ3v) is 4.10. The van der Waals surface area contributed by atoms with Gasteiger partial charge in [0.2, 0.25) is 5.91 Å². The maximum atomic E-state index is 12.4. The van der Waals surface area contributed by atoms with Gasteiger partial charge in [0, 0.05) is 16.5 Å². The van der Waals surface area contributed by atoms with Crippen molar-refractivity contribution in [2.45, 2.75) is 31.2 Å². The van der Waals surface area contributed by atoms with Crippen molar-refractivity contribution in [1.82, 2.24) is 0 Å². The lowest BCUT2D eigenvalue weighted by atomic mass is 9.97. The maximum Gasteiger partial charge on any atom is 0.244 e. The predicted molar refractivity (Wildman–Crippen MR) is 79.6 cm³/mol. The van der Waals surface area contributed by atoms with E-state index in [0.717, 1.165) is 36.5 Å². The van der Waals surface area contributed by atoms with Gasteiger partial charge in [0.15, 0.2) is 0 Å². The molecule has 2 aromatic rings. The third kappa shape index (κ3) is 2.12. The lowest BCUT2D eigenvalue weighted by molar-refractivity contribution is -0.120. The van der Waals surface area contributed by atoms with Gasteiger partial charge in [-0.3, -0.25) is 4.79 Å². The van der Waals surface area contributed by atoms with Crippen LogP contribution in [0.1, 0.15) is 25.7 Å². The summed E-state index contributed by atoms with van der Waals surface area (Å²) in [5.41, 5.74) is 6.11. The van der Waals surface area contributed by atoms with Crippen LogP contribution in [0.5, 0.6) is 5.75 Å². The van der Waals surface area contributed by atoms with Crippen molar-refractivity contribution in [1.29, 1.82) is 0 Å². The van der Waals surface area contributed by atoms with E-state index in [1.165, 1.54) is 0 Å². The van der Waals surface area contributed by atoms with Crippen molar-refractivity contribution in [2.75, 3.05) is 5.32 Å². The van der Waals surface area contributed by atoms with Gasteiger partial charge >= 0.3 is 0 Å². The molecule has 1 aliphatic rings. The molecule has 4 nitrogen and oxygen atoms in total. The quantitative estimate of drug-likeness (QED) is 0.785. The third-order valence-electron chi connectivity index (χ3n) is 4.10. The van der Waals surface area contributed by atoms with Gasteiger partial charge in [-0.05, 0) is 25.0 Å². The van der Waals surface area contributed by atoms with E-state index in [4.69, 9.17) is 5.73 Å². The summed E-state index contributed by atoms with van der Waals surface area (Å²) in [5.74, 6) is 0.0766. The average molecular weight is 270 g/mol. The summed E-state index contributed by atoms with van der Waals surface area (Å²) in [7, 11) is 0. The Morgan fingerprint density at radius 3 is 2.50 bits per heavy atom. The molecule has 0 atom stereocenters. The molecule has 1 saturated carbocycles. The SMILES string of the molecule is NC1(C(=O)Nc2cccc3c(O)cccc23)CCCC1. The molecular weight excluding hydrogens is 252 g/mol. The fraction of sp³-hybridized carbons (Fsp3) is 0.312. The van der Waals surface area contributed by atoms with E-state index in [9.17, 15) is 9.90 Å². The number of nitrogens with two attached hydrogens (primary N) is 1. The van der Waals surface area contributed by atoms with Crippen LogP contribution in [0.4, 0.5) is 5.69 Å². The Kier molecular flexibility index (Phi) is 3.10. The number of anilines is 1.